The summed E-state index contributed by atoms with van der Waals surface area (Å²) in [5.74, 6) is -0.770. The molecule has 1 aromatic heterocycles. The molecule has 1 unspecified atom stereocenters. The molecule has 1 fully saturated rings. The van der Waals surface area contributed by atoms with Crippen LogP contribution in [0.15, 0.2) is 54.6 Å². The van der Waals surface area contributed by atoms with Gasteiger partial charge in [-0.05, 0) is 68.7 Å². The SMILES string of the molecule is CCCC1CCCCN1C(=O)c1cc(C(=O)N[C@@H](Cc2ccccc2)[C@@H](O)CNCc2ccc(F)c(C)c2)nn1CC. The third-order valence-corrected chi connectivity index (χ3v) is 8.03. The Labute approximate surface area is 248 Å². The fourth-order valence-electron chi connectivity index (χ4n) is 5.71. The van der Waals surface area contributed by atoms with E-state index in [0.29, 0.717) is 30.8 Å². The highest BCUT2D eigenvalue weighted by atomic mass is 19.1. The van der Waals surface area contributed by atoms with E-state index in [1.54, 1.807) is 29.8 Å². The Balaban J connectivity index is 1.47. The molecule has 0 aliphatic carbocycles. The molecule has 226 valence electrons. The number of piperidine rings is 1. The average molecular weight is 578 g/mol. The summed E-state index contributed by atoms with van der Waals surface area (Å²) >= 11 is 0. The van der Waals surface area contributed by atoms with E-state index in [0.717, 1.165) is 49.8 Å². The zero-order valence-corrected chi connectivity index (χ0v) is 25.0. The minimum atomic E-state index is -0.909. The van der Waals surface area contributed by atoms with Crippen molar-refractivity contribution in [3.8, 4) is 0 Å². The lowest BCUT2D eigenvalue weighted by molar-refractivity contribution is 0.0588. The van der Waals surface area contributed by atoms with Gasteiger partial charge in [-0.15, -0.1) is 0 Å². The van der Waals surface area contributed by atoms with Gasteiger partial charge in [-0.25, -0.2) is 4.39 Å². The number of carbonyl (C=O) groups is 2. The first kappa shape index (κ1) is 31.4. The van der Waals surface area contributed by atoms with Gasteiger partial charge >= 0.3 is 0 Å². The van der Waals surface area contributed by atoms with E-state index in [1.807, 2.05) is 42.2 Å². The van der Waals surface area contributed by atoms with Crippen LogP contribution in [0, 0.1) is 12.7 Å². The number of hydrogen-bond donors (Lipinski definition) is 3. The Kier molecular flexibility index (Phi) is 11.3. The molecule has 0 saturated carbocycles. The van der Waals surface area contributed by atoms with Gasteiger partial charge in [0.25, 0.3) is 11.8 Å². The third-order valence-electron chi connectivity index (χ3n) is 8.03. The van der Waals surface area contributed by atoms with Gasteiger partial charge in [0, 0.05) is 38.3 Å². The standard InChI is InChI=1S/C33H44FN5O3/c1-4-11-26-14-9-10-17-38(26)33(42)30-20-29(37-39(30)5-2)32(41)36-28(19-24-12-7-6-8-13-24)31(40)22-35-21-25-15-16-27(34)23(3)18-25/h6-8,12-13,15-16,18,20,26,28,31,35,40H,4-5,9-11,14,17,19,21-22H2,1-3H3,(H,36,41)/t26?,28-,31-/m0/s1. The van der Waals surface area contributed by atoms with Crippen molar-refractivity contribution in [1.29, 1.82) is 0 Å². The Morgan fingerprint density at radius 2 is 1.88 bits per heavy atom. The van der Waals surface area contributed by atoms with Gasteiger partial charge in [0.05, 0.1) is 12.1 Å². The zero-order chi connectivity index (χ0) is 30.1. The largest absolute Gasteiger partial charge is 0.390 e. The summed E-state index contributed by atoms with van der Waals surface area (Å²) in [7, 11) is 0. The number of carbonyl (C=O) groups excluding carboxylic acids is 2. The van der Waals surface area contributed by atoms with E-state index >= 15 is 0 Å². The Morgan fingerprint density at radius 1 is 1.10 bits per heavy atom. The fraction of sp³-hybridized carbons (Fsp3) is 0.485. The number of likely N-dealkylation sites (tertiary alicyclic amines) is 1. The second-order valence-electron chi connectivity index (χ2n) is 11.2. The fourth-order valence-corrected chi connectivity index (χ4v) is 5.71. The van der Waals surface area contributed by atoms with Gasteiger partial charge in [-0.3, -0.25) is 14.3 Å². The van der Waals surface area contributed by atoms with Crippen LogP contribution in [0.2, 0.25) is 0 Å². The van der Waals surface area contributed by atoms with Crippen molar-refractivity contribution in [2.75, 3.05) is 13.1 Å². The highest BCUT2D eigenvalue weighted by Crippen LogP contribution is 2.23. The van der Waals surface area contributed by atoms with Gasteiger partial charge in [0.2, 0.25) is 0 Å². The molecule has 3 atom stereocenters. The number of nitrogens with zero attached hydrogens (tertiary/aromatic N) is 3. The van der Waals surface area contributed by atoms with Crippen LogP contribution in [0.25, 0.3) is 0 Å². The summed E-state index contributed by atoms with van der Waals surface area (Å²) in [6.07, 6.45) is 4.59. The molecule has 42 heavy (non-hydrogen) atoms. The quantitative estimate of drug-likeness (QED) is 0.275. The van der Waals surface area contributed by atoms with Crippen LogP contribution < -0.4 is 10.6 Å². The predicted octanol–water partition coefficient (Wildman–Crippen LogP) is 4.64. The minimum absolute atomic E-state index is 0.0809. The molecule has 1 aliphatic heterocycles. The lowest BCUT2D eigenvalue weighted by Crippen LogP contribution is -2.48. The van der Waals surface area contributed by atoms with E-state index in [4.69, 9.17) is 0 Å². The third kappa shape index (κ3) is 8.04. The van der Waals surface area contributed by atoms with Crippen LogP contribution in [-0.4, -0.2) is 62.9 Å². The van der Waals surface area contributed by atoms with Crippen LogP contribution in [0.4, 0.5) is 4.39 Å². The molecule has 3 aromatic rings. The molecule has 0 spiro atoms. The molecular weight excluding hydrogens is 533 g/mol. The van der Waals surface area contributed by atoms with Crippen LogP contribution in [0.5, 0.6) is 0 Å². The number of aliphatic hydroxyl groups is 1. The number of aliphatic hydroxyl groups excluding tert-OH is 1. The average Bonchev–Trinajstić information content (AvgIpc) is 3.44. The molecule has 4 rings (SSSR count). The second kappa shape index (κ2) is 15.1. The number of amides is 2. The molecule has 3 N–H and O–H groups in total. The normalized spacial score (nSPS) is 16.7. The first-order chi connectivity index (χ1) is 20.3. The minimum Gasteiger partial charge on any atom is -0.390 e. The highest BCUT2D eigenvalue weighted by Gasteiger charge is 2.31. The number of halogens is 1. The van der Waals surface area contributed by atoms with Gasteiger partial charge in [0.15, 0.2) is 5.69 Å². The van der Waals surface area contributed by atoms with Crippen molar-refractivity contribution in [3.05, 3.63) is 88.5 Å². The van der Waals surface area contributed by atoms with E-state index < -0.39 is 18.1 Å². The van der Waals surface area contributed by atoms with Crippen molar-refractivity contribution in [1.82, 2.24) is 25.3 Å². The molecule has 0 radical (unpaired) electrons. The summed E-state index contributed by atoms with van der Waals surface area (Å²) < 4.78 is 15.2. The maximum atomic E-state index is 13.6. The zero-order valence-electron chi connectivity index (χ0n) is 25.0. The van der Waals surface area contributed by atoms with E-state index in [1.165, 1.54) is 6.07 Å². The summed E-state index contributed by atoms with van der Waals surface area (Å²) in [5, 5.41) is 21.8. The Hall–Kier alpha value is -3.56. The molecule has 1 saturated heterocycles. The van der Waals surface area contributed by atoms with E-state index in [9.17, 15) is 19.1 Å². The van der Waals surface area contributed by atoms with Crippen LogP contribution in [0.3, 0.4) is 0 Å². The van der Waals surface area contributed by atoms with Crippen molar-refractivity contribution >= 4 is 11.8 Å². The smallest absolute Gasteiger partial charge is 0.272 e. The first-order valence-corrected chi connectivity index (χ1v) is 15.2. The molecule has 2 heterocycles. The van der Waals surface area contributed by atoms with E-state index in [2.05, 4.69) is 22.7 Å². The summed E-state index contributed by atoms with van der Waals surface area (Å²) in [6.45, 7) is 7.60. The number of hydrogen-bond acceptors (Lipinski definition) is 5. The van der Waals surface area contributed by atoms with Gasteiger partial charge in [-0.1, -0.05) is 55.8 Å². The van der Waals surface area contributed by atoms with Crippen molar-refractivity contribution < 1.29 is 19.1 Å². The maximum absolute atomic E-state index is 13.6. The van der Waals surface area contributed by atoms with Crippen molar-refractivity contribution in [2.24, 2.45) is 0 Å². The molecule has 1 aliphatic rings. The monoisotopic (exact) mass is 577 g/mol. The summed E-state index contributed by atoms with van der Waals surface area (Å²) in [6, 6.07) is 15.8. The molecule has 0 bridgehead atoms. The molecule has 2 aromatic carbocycles. The van der Waals surface area contributed by atoms with Crippen LogP contribution >= 0.6 is 0 Å². The summed E-state index contributed by atoms with van der Waals surface area (Å²) in [4.78, 5) is 29.0. The van der Waals surface area contributed by atoms with Crippen molar-refractivity contribution in [2.45, 2.75) is 90.6 Å². The number of nitrogens with one attached hydrogen (secondary N) is 2. The van der Waals surface area contributed by atoms with Gasteiger partial charge < -0.3 is 20.6 Å². The second-order valence-corrected chi connectivity index (χ2v) is 11.2. The molecule has 8 nitrogen and oxygen atoms in total. The van der Waals surface area contributed by atoms with Gasteiger partial charge in [0.1, 0.15) is 11.5 Å². The molecular formula is C33H44FN5O3. The summed E-state index contributed by atoms with van der Waals surface area (Å²) in [5.41, 5.74) is 3.01. The first-order valence-electron chi connectivity index (χ1n) is 15.2. The maximum Gasteiger partial charge on any atom is 0.272 e. The van der Waals surface area contributed by atoms with Crippen molar-refractivity contribution in [3.63, 3.8) is 0 Å². The number of aryl methyl sites for hydroxylation is 2. The number of benzene rings is 2. The Bertz CT molecular complexity index is 1330. The van der Waals surface area contributed by atoms with Gasteiger partial charge in [-0.2, -0.15) is 5.10 Å². The lowest BCUT2D eigenvalue weighted by atomic mass is 9.98. The molecule has 2 amide bonds. The number of aromatic nitrogens is 2. The van der Waals surface area contributed by atoms with E-state index in [-0.39, 0.29) is 30.0 Å². The lowest BCUT2D eigenvalue weighted by Gasteiger charge is -2.35. The van der Waals surface area contributed by atoms with Crippen LogP contribution in [0.1, 0.15) is 83.6 Å². The number of rotatable bonds is 13. The topological polar surface area (TPSA) is 99.5 Å². The Morgan fingerprint density at radius 3 is 2.60 bits per heavy atom. The molecule has 9 heteroatoms. The highest BCUT2D eigenvalue weighted by molar-refractivity contribution is 5.98. The van der Waals surface area contributed by atoms with Crippen LogP contribution in [-0.2, 0) is 19.5 Å². The predicted molar refractivity (Wildman–Crippen MR) is 162 cm³/mol.